The van der Waals surface area contributed by atoms with Gasteiger partial charge in [0.15, 0.2) is 0 Å². The first-order valence-corrected chi connectivity index (χ1v) is 10.2. The molecular formula is C23H31N3O3. The third-order valence-electron chi connectivity index (χ3n) is 6.01. The van der Waals surface area contributed by atoms with Crippen LogP contribution in [0.2, 0.25) is 0 Å². The molecule has 0 atom stereocenters. The van der Waals surface area contributed by atoms with Crippen LogP contribution in [0.1, 0.15) is 58.4 Å². The van der Waals surface area contributed by atoms with Gasteiger partial charge in [0.05, 0.1) is 7.11 Å². The van der Waals surface area contributed by atoms with Crippen LogP contribution in [0.4, 0.5) is 5.69 Å². The van der Waals surface area contributed by atoms with E-state index < -0.39 is 0 Å². The van der Waals surface area contributed by atoms with Crippen molar-refractivity contribution in [3.8, 4) is 5.75 Å². The number of aromatic amines is 1. The second kappa shape index (κ2) is 8.72. The largest absolute Gasteiger partial charge is 0.497 e. The van der Waals surface area contributed by atoms with Crippen LogP contribution in [-0.4, -0.2) is 31.1 Å². The molecule has 156 valence electrons. The lowest BCUT2D eigenvalue weighted by molar-refractivity contribution is 0.0950. The Kier molecular flexibility index (Phi) is 6.30. The number of amides is 1. The minimum atomic E-state index is -0.207. The first-order chi connectivity index (χ1) is 13.8. The van der Waals surface area contributed by atoms with E-state index in [-0.39, 0.29) is 18.0 Å². The number of aryl methyl sites for hydroxylation is 2. The van der Waals surface area contributed by atoms with E-state index in [0.717, 1.165) is 22.5 Å². The van der Waals surface area contributed by atoms with Crippen LogP contribution in [0.15, 0.2) is 23.0 Å². The molecule has 1 fully saturated rings. The molecule has 3 rings (SSSR count). The van der Waals surface area contributed by atoms with Gasteiger partial charge < -0.3 is 19.9 Å². The predicted molar refractivity (Wildman–Crippen MR) is 116 cm³/mol. The van der Waals surface area contributed by atoms with Crippen LogP contribution in [0, 0.1) is 20.8 Å². The first-order valence-electron chi connectivity index (χ1n) is 10.2. The van der Waals surface area contributed by atoms with Crippen molar-refractivity contribution in [2.45, 2.75) is 59.0 Å². The summed E-state index contributed by atoms with van der Waals surface area (Å²) in [6.45, 7) is 5.89. The summed E-state index contributed by atoms with van der Waals surface area (Å²) >= 11 is 0. The van der Waals surface area contributed by atoms with Crippen molar-refractivity contribution in [2.75, 3.05) is 19.1 Å². The number of nitrogens with one attached hydrogen (secondary N) is 2. The maximum atomic E-state index is 13.0. The number of anilines is 1. The Hall–Kier alpha value is -2.76. The van der Waals surface area contributed by atoms with E-state index in [1.54, 1.807) is 13.2 Å². The van der Waals surface area contributed by atoms with Crippen molar-refractivity contribution in [3.05, 3.63) is 56.5 Å². The van der Waals surface area contributed by atoms with Gasteiger partial charge in [-0.2, -0.15) is 0 Å². The fraction of sp³-hybridized carbons (Fsp3) is 0.478. The van der Waals surface area contributed by atoms with Crippen LogP contribution < -0.4 is 20.5 Å². The molecule has 0 aliphatic heterocycles. The summed E-state index contributed by atoms with van der Waals surface area (Å²) in [5.41, 5.74) is 4.62. The van der Waals surface area contributed by atoms with Gasteiger partial charge in [0.25, 0.3) is 11.5 Å². The van der Waals surface area contributed by atoms with Crippen LogP contribution in [0.5, 0.6) is 5.75 Å². The third kappa shape index (κ3) is 4.47. The van der Waals surface area contributed by atoms with Crippen molar-refractivity contribution < 1.29 is 9.53 Å². The molecule has 2 N–H and O–H groups in total. The van der Waals surface area contributed by atoms with Gasteiger partial charge >= 0.3 is 0 Å². The molecule has 0 unspecified atom stereocenters. The van der Waals surface area contributed by atoms with Crippen molar-refractivity contribution in [3.63, 3.8) is 0 Å². The zero-order valence-electron chi connectivity index (χ0n) is 18.0. The maximum Gasteiger partial charge on any atom is 0.253 e. The maximum absolute atomic E-state index is 13.0. The topological polar surface area (TPSA) is 74.4 Å². The molecule has 1 aromatic carbocycles. The monoisotopic (exact) mass is 397 g/mol. The van der Waals surface area contributed by atoms with E-state index in [2.05, 4.69) is 22.2 Å². The molecule has 6 nitrogen and oxygen atoms in total. The predicted octanol–water partition coefficient (Wildman–Crippen LogP) is 3.62. The van der Waals surface area contributed by atoms with Crippen molar-refractivity contribution >= 4 is 11.6 Å². The molecule has 0 spiro atoms. The van der Waals surface area contributed by atoms with Gasteiger partial charge in [-0.15, -0.1) is 0 Å². The fourth-order valence-electron chi connectivity index (χ4n) is 4.25. The Morgan fingerprint density at radius 2 is 1.90 bits per heavy atom. The number of pyridine rings is 1. The molecule has 2 aromatic rings. The first kappa shape index (κ1) is 21.0. The fourth-order valence-corrected chi connectivity index (χ4v) is 4.25. The molecule has 1 saturated carbocycles. The lowest BCUT2D eigenvalue weighted by Gasteiger charge is -2.29. The second-order valence-corrected chi connectivity index (χ2v) is 7.99. The van der Waals surface area contributed by atoms with Gasteiger partial charge in [0.2, 0.25) is 0 Å². The normalized spacial score (nSPS) is 14.1. The standard InChI is InChI=1S/C23H31N3O3/c1-14-10-15(2)25-23(28)20(14)13-24-22(27)19-11-18(29-5)12-21(16(19)3)26(4)17-8-6-7-9-17/h10-12,17H,6-9,13H2,1-5H3,(H,24,27)(H,25,28). The Morgan fingerprint density at radius 3 is 2.52 bits per heavy atom. The number of carbonyl (C=O) groups excluding carboxylic acids is 1. The summed E-state index contributed by atoms with van der Waals surface area (Å²) in [6.07, 6.45) is 4.83. The molecule has 6 heteroatoms. The lowest BCUT2D eigenvalue weighted by atomic mass is 10.0. The molecule has 0 bridgehead atoms. The van der Waals surface area contributed by atoms with Crippen molar-refractivity contribution in [2.24, 2.45) is 0 Å². The highest BCUT2D eigenvalue weighted by molar-refractivity contribution is 5.97. The van der Waals surface area contributed by atoms with Crippen LogP contribution in [-0.2, 0) is 6.54 Å². The molecule has 29 heavy (non-hydrogen) atoms. The SMILES string of the molecule is COc1cc(C(=O)NCc2c(C)cc(C)[nH]c2=O)c(C)c(N(C)C2CCCC2)c1. The van der Waals surface area contributed by atoms with Crippen molar-refractivity contribution in [1.82, 2.24) is 10.3 Å². The molecule has 1 heterocycles. The molecular weight excluding hydrogens is 366 g/mol. The van der Waals surface area contributed by atoms with Gasteiger partial charge in [-0.25, -0.2) is 0 Å². The molecule has 0 radical (unpaired) electrons. The van der Waals surface area contributed by atoms with E-state index in [4.69, 9.17) is 4.74 Å². The van der Waals surface area contributed by atoms with Crippen LogP contribution in [0.25, 0.3) is 0 Å². The number of hydrogen-bond donors (Lipinski definition) is 2. The Morgan fingerprint density at radius 1 is 1.21 bits per heavy atom. The Labute approximate surface area is 172 Å². The average molecular weight is 398 g/mol. The number of benzene rings is 1. The van der Waals surface area contributed by atoms with E-state index in [9.17, 15) is 9.59 Å². The molecule has 1 amide bonds. The highest BCUT2D eigenvalue weighted by atomic mass is 16.5. The number of ether oxygens (including phenoxy) is 1. The summed E-state index contributed by atoms with van der Waals surface area (Å²) in [4.78, 5) is 30.3. The number of hydrogen-bond acceptors (Lipinski definition) is 4. The van der Waals surface area contributed by atoms with E-state index in [1.165, 1.54) is 25.7 Å². The zero-order valence-corrected chi connectivity index (χ0v) is 18.0. The van der Waals surface area contributed by atoms with Crippen LogP contribution in [0.3, 0.4) is 0 Å². The third-order valence-corrected chi connectivity index (χ3v) is 6.01. The van der Waals surface area contributed by atoms with E-state index in [1.807, 2.05) is 32.9 Å². The number of rotatable bonds is 6. The smallest absolute Gasteiger partial charge is 0.253 e. The Bertz CT molecular complexity index is 959. The number of carbonyl (C=O) groups is 1. The highest BCUT2D eigenvalue weighted by Crippen LogP contribution is 2.33. The quantitative estimate of drug-likeness (QED) is 0.781. The van der Waals surface area contributed by atoms with Gasteiger partial charge in [-0.05, 0) is 56.9 Å². The van der Waals surface area contributed by atoms with E-state index in [0.29, 0.717) is 22.9 Å². The minimum Gasteiger partial charge on any atom is -0.497 e. The van der Waals surface area contributed by atoms with Gasteiger partial charge in [-0.1, -0.05) is 12.8 Å². The molecule has 0 saturated heterocycles. The van der Waals surface area contributed by atoms with Gasteiger partial charge in [-0.3, -0.25) is 9.59 Å². The minimum absolute atomic E-state index is 0.160. The second-order valence-electron chi connectivity index (χ2n) is 7.99. The lowest BCUT2D eigenvalue weighted by Crippen LogP contribution is -2.31. The highest BCUT2D eigenvalue weighted by Gasteiger charge is 2.24. The zero-order chi connectivity index (χ0) is 21.1. The number of methoxy groups -OCH3 is 1. The molecule has 1 aromatic heterocycles. The van der Waals surface area contributed by atoms with Gasteiger partial charge in [0, 0.05) is 48.2 Å². The molecule has 1 aliphatic carbocycles. The van der Waals surface area contributed by atoms with Crippen molar-refractivity contribution in [1.29, 1.82) is 0 Å². The van der Waals surface area contributed by atoms with Gasteiger partial charge in [0.1, 0.15) is 5.75 Å². The number of aromatic nitrogens is 1. The summed E-state index contributed by atoms with van der Waals surface area (Å²) in [5.74, 6) is 0.451. The summed E-state index contributed by atoms with van der Waals surface area (Å²) in [6, 6.07) is 6.17. The summed E-state index contributed by atoms with van der Waals surface area (Å²) in [5, 5.41) is 2.91. The number of nitrogens with zero attached hydrogens (tertiary/aromatic N) is 1. The Balaban J connectivity index is 1.86. The van der Waals surface area contributed by atoms with E-state index >= 15 is 0 Å². The summed E-state index contributed by atoms with van der Waals surface area (Å²) in [7, 11) is 3.70. The molecule has 1 aliphatic rings. The summed E-state index contributed by atoms with van der Waals surface area (Å²) < 4.78 is 5.47. The number of H-pyrrole nitrogens is 1. The average Bonchev–Trinajstić information content (AvgIpc) is 3.21. The van der Waals surface area contributed by atoms with Crippen LogP contribution >= 0.6 is 0 Å².